The molecule has 1 saturated heterocycles. The van der Waals surface area contributed by atoms with Gasteiger partial charge in [-0.25, -0.2) is 18.8 Å². The largest absolute Gasteiger partial charge is 0.415 e. The van der Waals surface area contributed by atoms with Crippen LogP contribution >= 0.6 is 11.8 Å². The molecule has 2 aromatic rings. The van der Waals surface area contributed by atoms with Gasteiger partial charge in [-0.1, -0.05) is 11.8 Å². The molecule has 1 fully saturated rings. The first kappa shape index (κ1) is 22.4. The average Bonchev–Trinajstić information content (AvgIpc) is 3.11. The number of ether oxygens (including phenoxy) is 1. The standard InChI is InChI=1S/C19H16F5N5O2S/c1-8-4-27-13(5-26-8)16(30)28-9-2-10(14(21)12(20)3-9)18-7-31-15(19(22,23)24)11(18)6-32-17(25)29-18/h2-5,11,15H,6-7H2,1H3,(H2,25,29)(H,28,30). The highest BCUT2D eigenvalue weighted by Gasteiger charge is 2.62. The van der Waals surface area contributed by atoms with Gasteiger partial charge >= 0.3 is 6.18 Å². The lowest BCUT2D eigenvalue weighted by atomic mass is 9.78. The Bertz CT molecular complexity index is 1090. The summed E-state index contributed by atoms with van der Waals surface area (Å²) in [6, 6.07) is 1.76. The van der Waals surface area contributed by atoms with Crippen LogP contribution in [0.15, 0.2) is 29.5 Å². The van der Waals surface area contributed by atoms with Gasteiger partial charge in [-0.05, 0) is 13.0 Å². The van der Waals surface area contributed by atoms with E-state index >= 15 is 0 Å². The zero-order chi connectivity index (χ0) is 23.3. The van der Waals surface area contributed by atoms with Crippen LogP contribution in [0.5, 0.6) is 0 Å². The molecule has 3 atom stereocenters. The van der Waals surface area contributed by atoms with Crippen molar-refractivity contribution in [2.45, 2.75) is 24.7 Å². The van der Waals surface area contributed by atoms with Crippen LogP contribution in [-0.4, -0.2) is 45.7 Å². The van der Waals surface area contributed by atoms with Crippen molar-refractivity contribution in [1.82, 2.24) is 9.97 Å². The van der Waals surface area contributed by atoms with E-state index in [1.54, 1.807) is 6.92 Å². The average molecular weight is 473 g/mol. The van der Waals surface area contributed by atoms with E-state index in [1.165, 1.54) is 12.4 Å². The molecule has 4 rings (SSSR count). The summed E-state index contributed by atoms with van der Waals surface area (Å²) < 4.78 is 74.9. The van der Waals surface area contributed by atoms with Crippen molar-refractivity contribution in [3.63, 3.8) is 0 Å². The number of amides is 1. The molecule has 2 aliphatic rings. The van der Waals surface area contributed by atoms with Gasteiger partial charge in [0.1, 0.15) is 11.2 Å². The van der Waals surface area contributed by atoms with E-state index in [0.29, 0.717) is 11.8 Å². The van der Waals surface area contributed by atoms with Crippen LogP contribution < -0.4 is 11.1 Å². The summed E-state index contributed by atoms with van der Waals surface area (Å²) in [5, 5.41) is 2.29. The van der Waals surface area contributed by atoms with E-state index in [1.807, 2.05) is 0 Å². The second-order valence-corrected chi connectivity index (χ2v) is 8.42. The summed E-state index contributed by atoms with van der Waals surface area (Å²) in [7, 11) is 0. The molecule has 0 bridgehead atoms. The fraction of sp³-hybridized carbons (Fsp3) is 0.368. The van der Waals surface area contributed by atoms with Crippen molar-refractivity contribution in [2.24, 2.45) is 16.6 Å². The number of nitrogens with two attached hydrogens (primary N) is 1. The van der Waals surface area contributed by atoms with Gasteiger partial charge in [-0.2, -0.15) is 13.2 Å². The minimum absolute atomic E-state index is 0.0724. The predicted molar refractivity (Wildman–Crippen MR) is 106 cm³/mol. The number of amidine groups is 1. The lowest BCUT2D eigenvalue weighted by Crippen LogP contribution is -2.46. The number of aliphatic imine (C=N–C) groups is 1. The first-order valence-electron chi connectivity index (χ1n) is 9.27. The Balaban J connectivity index is 1.76. The number of aryl methyl sites for hydroxylation is 1. The van der Waals surface area contributed by atoms with Gasteiger partial charge in [0, 0.05) is 35.2 Å². The fourth-order valence-electron chi connectivity index (χ4n) is 3.78. The lowest BCUT2D eigenvalue weighted by Gasteiger charge is -2.36. The number of nitrogens with one attached hydrogen (secondary N) is 1. The second kappa shape index (κ2) is 7.96. The highest BCUT2D eigenvalue weighted by atomic mass is 32.2. The van der Waals surface area contributed by atoms with Gasteiger partial charge in [-0.15, -0.1) is 0 Å². The molecule has 3 heterocycles. The maximum Gasteiger partial charge on any atom is 0.415 e. The molecule has 2 aliphatic heterocycles. The Morgan fingerprint density at radius 3 is 2.69 bits per heavy atom. The molecule has 13 heteroatoms. The number of hydrogen-bond acceptors (Lipinski definition) is 7. The number of nitrogens with zero attached hydrogens (tertiary/aromatic N) is 3. The first-order valence-corrected chi connectivity index (χ1v) is 10.3. The number of thioether (sulfide) groups is 1. The van der Waals surface area contributed by atoms with Crippen LogP contribution in [0.2, 0.25) is 0 Å². The van der Waals surface area contributed by atoms with E-state index in [9.17, 15) is 26.7 Å². The van der Waals surface area contributed by atoms with Crippen LogP contribution in [-0.2, 0) is 10.3 Å². The number of alkyl halides is 3. The molecule has 1 amide bonds. The molecule has 7 nitrogen and oxygen atoms in total. The number of rotatable bonds is 3. The maximum atomic E-state index is 14.9. The topological polar surface area (TPSA) is 102 Å². The Labute approximate surface area is 182 Å². The third-order valence-electron chi connectivity index (χ3n) is 5.27. The van der Waals surface area contributed by atoms with Crippen LogP contribution in [0.4, 0.5) is 27.6 Å². The molecular weight excluding hydrogens is 457 g/mol. The summed E-state index contributed by atoms with van der Waals surface area (Å²) in [5.41, 5.74) is 3.64. The predicted octanol–water partition coefficient (Wildman–Crippen LogP) is 3.15. The number of carbonyl (C=O) groups is 1. The van der Waals surface area contributed by atoms with E-state index in [0.717, 1.165) is 17.8 Å². The molecule has 0 spiro atoms. The Hall–Kier alpha value is -2.80. The summed E-state index contributed by atoms with van der Waals surface area (Å²) >= 11 is 0.877. The molecule has 3 N–H and O–H groups in total. The van der Waals surface area contributed by atoms with Gasteiger partial charge in [0.2, 0.25) is 0 Å². The number of anilines is 1. The number of fused-ring (bicyclic) bond motifs is 1. The molecule has 1 aromatic heterocycles. The quantitative estimate of drug-likeness (QED) is 0.664. The molecular formula is C19H16F5N5O2S. The van der Waals surface area contributed by atoms with E-state index in [-0.39, 0.29) is 22.3 Å². The fourth-order valence-corrected chi connectivity index (χ4v) is 4.80. The first-order chi connectivity index (χ1) is 15.0. The molecule has 1 aromatic carbocycles. The van der Waals surface area contributed by atoms with Gasteiger partial charge in [-0.3, -0.25) is 9.78 Å². The zero-order valence-corrected chi connectivity index (χ0v) is 17.2. The minimum Gasteiger partial charge on any atom is -0.379 e. The van der Waals surface area contributed by atoms with Crippen molar-refractivity contribution < 1.29 is 31.5 Å². The lowest BCUT2D eigenvalue weighted by molar-refractivity contribution is -0.215. The van der Waals surface area contributed by atoms with E-state index < -0.39 is 53.4 Å². The third kappa shape index (κ3) is 3.90. The highest BCUT2D eigenvalue weighted by Crippen LogP contribution is 2.52. The van der Waals surface area contributed by atoms with Gasteiger partial charge in [0.25, 0.3) is 5.91 Å². The van der Waals surface area contributed by atoms with Crippen molar-refractivity contribution in [3.05, 3.63) is 53.1 Å². The van der Waals surface area contributed by atoms with E-state index in [2.05, 4.69) is 20.3 Å². The highest BCUT2D eigenvalue weighted by molar-refractivity contribution is 8.13. The van der Waals surface area contributed by atoms with Crippen molar-refractivity contribution in [1.29, 1.82) is 0 Å². The zero-order valence-electron chi connectivity index (χ0n) is 16.4. The monoisotopic (exact) mass is 473 g/mol. The minimum atomic E-state index is -4.74. The molecule has 170 valence electrons. The van der Waals surface area contributed by atoms with E-state index in [4.69, 9.17) is 10.5 Å². The number of halogens is 5. The van der Waals surface area contributed by atoms with Crippen molar-refractivity contribution >= 4 is 28.5 Å². The van der Waals surface area contributed by atoms with Crippen LogP contribution in [0, 0.1) is 24.5 Å². The Morgan fingerprint density at radius 1 is 1.28 bits per heavy atom. The molecule has 0 radical (unpaired) electrons. The maximum absolute atomic E-state index is 14.9. The third-order valence-corrected chi connectivity index (χ3v) is 6.18. The van der Waals surface area contributed by atoms with Gasteiger partial charge < -0.3 is 15.8 Å². The molecule has 0 saturated carbocycles. The Kier molecular flexibility index (Phi) is 5.57. The normalized spacial score (nSPS) is 25.2. The number of hydrogen-bond donors (Lipinski definition) is 2. The number of carbonyl (C=O) groups excluding carboxylic acids is 1. The van der Waals surface area contributed by atoms with Gasteiger partial charge in [0.05, 0.1) is 18.5 Å². The summed E-state index contributed by atoms with van der Waals surface area (Å²) in [4.78, 5) is 24.3. The number of benzene rings is 1. The van der Waals surface area contributed by atoms with Gasteiger partial charge in [0.15, 0.2) is 22.9 Å². The SMILES string of the molecule is Cc1cnc(C(=O)Nc2cc(F)c(F)c(C34COC(C(F)(F)F)C3CSC(N)=N4)c2)cn1. The summed E-state index contributed by atoms with van der Waals surface area (Å²) in [5.74, 6) is -5.03. The molecule has 3 unspecified atom stereocenters. The Morgan fingerprint density at radius 2 is 2.03 bits per heavy atom. The number of aromatic nitrogens is 2. The smallest absolute Gasteiger partial charge is 0.379 e. The summed E-state index contributed by atoms with van der Waals surface area (Å²) in [6.07, 6.45) is -4.42. The summed E-state index contributed by atoms with van der Waals surface area (Å²) in [6.45, 7) is 1.01. The molecule has 0 aliphatic carbocycles. The van der Waals surface area contributed by atoms with Crippen molar-refractivity contribution in [3.8, 4) is 0 Å². The second-order valence-electron chi connectivity index (χ2n) is 7.38. The van der Waals surface area contributed by atoms with Crippen LogP contribution in [0.1, 0.15) is 21.7 Å². The van der Waals surface area contributed by atoms with Crippen LogP contribution in [0.3, 0.4) is 0 Å². The van der Waals surface area contributed by atoms with Crippen LogP contribution in [0.25, 0.3) is 0 Å². The van der Waals surface area contributed by atoms with Crippen molar-refractivity contribution in [2.75, 3.05) is 17.7 Å². The molecule has 32 heavy (non-hydrogen) atoms.